The number of nitrogens with one attached hydrogen (secondary N) is 1. The summed E-state index contributed by atoms with van der Waals surface area (Å²) in [5.74, 6) is 0.880. The minimum absolute atomic E-state index is 0.736. The Morgan fingerprint density at radius 2 is 1.84 bits per heavy atom. The lowest BCUT2D eigenvalue weighted by Crippen LogP contribution is -2.01. The highest BCUT2D eigenvalue weighted by molar-refractivity contribution is 5.85. The van der Waals surface area contributed by atoms with E-state index in [0.717, 1.165) is 29.2 Å². The van der Waals surface area contributed by atoms with E-state index < -0.39 is 0 Å². The van der Waals surface area contributed by atoms with Crippen molar-refractivity contribution in [1.29, 1.82) is 0 Å². The summed E-state index contributed by atoms with van der Waals surface area (Å²) in [6.45, 7) is 4.64. The van der Waals surface area contributed by atoms with Crippen LogP contribution in [0.4, 0.5) is 5.69 Å². The molecule has 0 radical (unpaired) electrons. The maximum absolute atomic E-state index is 5.16. The van der Waals surface area contributed by atoms with Crippen LogP contribution in [-0.4, -0.2) is 5.16 Å². The first-order chi connectivity index (χ1) is 9.24. The minimum atomic E-state index is 0.736. The van der Waals surface area contributed by atoms with Crippen LogP contribution in [0.25, 0.3) is 10.8 Å². The Balaban J connectivity index is 1.82. The van der Waals surface area contributed by atoms with Gasteiger partial charge in [0.05, 0.1) is 5.69 Å². The molecule has 96 valence electrons. The minimum Gasteiger partial charge on any atom is -0.381 e. The Morgan fingerprint density at radius 1 is 1.05 bits per heavy atom. The highest BCUT2D eigenvalue weighted by Gasteiger charge is 2.08. The first-order valence-electron chi connectivity index (χ1n) is 6.38. The molecular formula is C16H16N2O. The van der Waals surface area contributed by atoms with Crippen LogP contribution < -0.4 is 5.32 Å². The summed E-state index contributed by atoms with van der Waals surface area (Å²) < 4.78 is 5.16. The Bertz CT molecular complexity index is 696. The molecule has 0 aliphatic carbocycles. The van der Waals surface area contributed by atoms with E-state index in [1.165, 1.54) is 10.8 Å². The van der Waals surface area contributed by atoms with Crippen molar-refractivity contribution >= 4 is 16.5 Å². The fourth-order valence-electron chi connectivity index (χ4n) is 2.24. The number of hydrogen-bond acceptors (Lipinski definition) is 3. The summed E-state index contributed by atoms with van der Waals surface area (Å²) in [6.07, 6.45) is 0. The normalized spacial score (nSPS) is 10.8. The first-order valence-corrected chi connectivity index (χ1v) is 6.38. The highest BCUT2D eigenvalue weighted by atomic mass is 16.5. The van der Waals surface area contributed by atoms with Gasteiger partial charge in [-0.1, -0.05) is 35.5 Å². The van der Waals surface area contributed by atoms with Gasteiger partial charge in [-0.2, -0.15) is 0 Å². The van der Waals surface area contributed by atoms with E-state index in [0.29, 0.717) is 0 Å². The molecule has 0 aliphatic heterocycles. The molecule has 1 heterocycles. The molecule has 3 nitrogen and oxygen atoms in total. The number of rotatable bonds is 3. The van der Waals surface area contributed by atoms with Crippen LogP contribution in [-0.2, 0) is 6.54 Å². The molecule has 1 aromatic heterocycles. The van der Waals surface area contributed by atoms with E-state index in [-0.39, 0.29) is 0 Å². The van der Waals surface area contributed by atoms with Crippen LogP contribution in [0.3, 0.4) is 0 Å². The second kappa shape index (κ2) is 4.76. The number of nitrogens with zero attached hydrogens (tertiary/aromatic N) is 1. The van der Waals surface area contributed by atoms with Gasteiger partial charge in [0, 0.05) is 17.8 Å². The molecule has 0 spiro atoms. The summed E-state index contributed by atoms with van der Waals surface area (Å²) in [6, 6.07) is 14.7. The zero-order valence-electron chi connectivity index (χ0n) is 11.1. The maximum atomic E-state index is 5.16. The third-order valence-corrected chi connectivity index (χ3v) is 3.40. The predicted molar refractivity (Wildman–Crippen MR) is 77.3 cm³/mol. The van der Waals surface area contributed by atoms with E-state index in [1.807, 2.05) is 13.8 Å². The van der Waals surface area contributed by atoms with Crippen LogP contribution in [0.1, 0.15) is 17.0 Å². The van der Waals surface area contributed by atoms with Crippen molar-refractivity contribution in [2.24, 2.45) is 0 Å². The van der Waals surface area contributed by atoms with Crippen LogP contribution in [0, 0.1) is 13.8 Å². The summed E-state index contributed by atoms with van der Waals surface area (Å²) in [5, 5.41) is 9.88. The van der Waals surface area contributed by atoms with Gasteiger partial charge in [-0.05, 0) is 36.8 Å². The quantitative estimate of drug-likeness (QED) is 0.764. The number of aryl methyl sites for hydroxylation is 2. The fourth-order valence-corrected chi connectivity index (χ4v) is 2.24. The Morgan fingerprint density at radius 3 is 2.58 bits per heavy atom. The maximum Gasteiger partial charge on any atom is 0.138 e. The van der Waals surface area contributed by atoms with Gasteiger partial charge in [-0.3, -0.25) is 0 Å². The Labute approximate surface area is 112 Å². The molecule has 3 heteroatoms. The predicted octanol–water partition coefficient (Wildman–Crippen LogP) is 4.06. The molecular weight excluding hydrogens is 236 g/mol. The third kappa shape index (κ3) is 2.32. The molecule has 0 unspecified atom stereocenters. The fraction of sp³-hybridized carbons (Fsp3) is 0.188. The third-order valence-electron chi connectivity index (χ3n) is 3.40. The summed E-state index contributed by atoms with van der Waals surface area (Å²) in [5.41, 5.74) is 3.19. The van der Waals surface area contributed by atoms with E-state index in [4.69, 9.17) is 4.52 Å². The second-order valence-electron chi connectivity index (χ2n) is 4.72. The molecule has 3 rings (SSSR count). The largest absolute Gasteiger partial charge is 0.381 e. The molecule has 1 N–H and O–H groups in total. The van der Waals surface area contributed by atoms with Crippen molar-refractivity contribution in [3.05, 3.63) is 59.5 Å². The van der Waals surface area contributed by atoms with E-state index in [1.54, 1.807) is 0 Å². The average Bonchev–Trinajstić information content (AvgIpc) is 2.76. The molecule has 0 aliphatic rings. The van der Waals surface area contributed by atoms with Crippen molar-refractivity contribution in [2.45, 2.75) is 20.4 Å². The molecule has 0 saturated heterocycles. The van der Waals surface area contributed by atoms with Crippen LogP contribution >= 0.6 is 0 Å². The van der Waals surface area contributed by atoms with Crippen molar-refractivity contribution in [2.75, 3.05) is 5.32 Å². The van der Waals surface area contributed by atoms with Gasteiger partial charge in [0.2, 0.25) is 0 Å². The molecule has 0 saturated carbocycles. The summed E-state index contributed by atoms with van der Waals surface area (Å²) in [7, 11) is 0. The topological polar surface area (TPSA) is 38.1 Å². The smallest absolute Gasteiger partial charge is 0.138 e. The molecule has 19 heavy (non-hydrogen) atoms. The zero-order valence-corrected chi connectivity index (χ0v) is 11.1. The van der Waals surface area contributed by atoms with Crippen molar-refractivity contribution in [3.63, 3.8) is 0 Å². The number of hydrogen-bond donors (Lipinski definition) is 1. The number of anilines is 1. The average molecular weight is 252 g/mol. The van der Waals surface area contributed by atoms with Crippen LogP contribution in [0.2, 0.25) is 0 Å². The first kappa shape index (κ1) is 11.8. The van der Waals surface area contributed by atoms with Gasteiger partial charge in [-0.15, -0.1) is 0 Å². The number of fused-ring (bicyclic) bond motifs is 1. The lowest BCUT2D eigenvalue weighted by Gasteiger charge is -2.07. The van der Waals surface area contributed by atoms with Gasteiger partial charge >= 0.3 is 0 Å². The van der Waals surface area contributed by atoms with Crippen molar-refractivity contribution in [3.8, 4) is 0 Å². The van der Waals surface area contributed by atoms with Gasteiger partial charge in [0.1, 0.15) is 5.76 Å². The lowest BCUT2D eigenvalue weighted by molar-refractivity contribution is 0.392. The Hall–Kier alpha value is -2.29. The standard InChI is InChI=1S/C16H16N2O/c1-11-16(12(2)19-18-11)10-17-15-8-7-13-5-3-4-6-14(13)9-15/h3-9,17H,10H2,1-2H3. The van der Waals surface area contributed by atoms with E-state index in [2.05, 4.69) is 52.9 Å². The molecule has 0 bridgehead atoms. The van der Waals surface area contributed by atoms with Crippen molar-refractivity contribution < 1.29 is 4.52 Å². The van der Waals surface area contributed by atoms with Gasteiger partial charge in [0.15, 0.2) is 0 Å². The van der Waals surface area contributed by atoms with Crippen molar-refractivity contribution in [1.82, 2.24) is 5.16 Å². The molecule has 2 aromatic carbocycles. The molecule has 3 aromatic rings. The summed E-state index contributed by atoms with van der Waals surface area (Å²) in [4.78, 5) is 0. The molecule has 0 amide bonds. The van der Waals surface area contributed by atoms with E-state index >= 15 is 0 Å². The van der Waals surface area contributed by atoms with E-state index in [9.17, 15) is 0 Å². The number of benzene rings is 2. The van der Waals surface area contributed by atoms with Crippen LogP contribution in [0.5, 0.6) is 0 Å². The summed E-state index contributed by atoms with van der Waals surface area (Å²) >= 11 is 0. The number of aromatic nitrogens is 1. The van der Waals surface area contributed by atoms with Crippen LogP contribution in [0.15, 0.2) is 47.0 Å². The van der Waals surface area contributed by atoms with Gasteiger partial charge in [-0.25, -0.2) is 0 Å². The monoisotopic (exact) mass is 252 g/mol. The second-order valence-corrected chi connectivity index (χ2v) is 4.72. The highest BCUT2D eigenvalue weighted by Crippen LogP contribution is 2.20. The molecule has 0 atom stereocenters. The lowest BCUT2D eigenvalue weighted by atomic mass is 10.1. The zero-order chi connectivity index (χ0) is 13.2. The van der Waals surface area contributed by atoms with Gasteiger partial charge < -0.3 is 9.84 Å². The van der Waals surface area contributed by atoms with Gasteiger partial charge in [0.25, 0.3) is 0 Å². The Kier molecular flexibility index (Phi) is 2.95. The molecule has 0 fully saturated rings. The SMILES string of the molecule is Cc1noc(C)c1CNc1ccc2ccccc2c1.